The van der Waals surface area contributed by atoms with Gasteiger partial charge < -0.3 is 10.4 Å². The standard InChI is InChI=1S/C15H17N3O4/c19-10(7-17-6-5-16-13(20)9-17)8-18-14(21)11-3-1-2-4-12(11)15(18)22/h1-4,10,19H,5-9H2,(H,16,20)/t10-/m0/s1. The molecule has 7 heteroatoms. The van der Waals surface area contributed by atoms with E-state index in [1.54, 1.807) is 24.3 Å². The lowest BCUT2D eigenvalue weighted by molar-refractivity contribution is -0.124. The normalized spacial score (nSPS) is 20.0. The third-order valence-electron chi connectivity index (χ3n) is 3.86. The zero-order valence-electron chi connectivity index (χ0n) is 12.0. The van der Waals surface area contributed by atoms with Gasteiger partial charge in [-0.15, -0.1) is 0 Å². The van der Waals surface area contributed by atoms with Crippen molar-refractivity contribution >= 4 is 17.7 Å². The highest BCUT2D eigenvalue weighted by molar-refractivity contribution is 6.21. The lowest BCUT2D eigenvalue weighted by Gasteiger charge is -2.29. The fourth-order valence-electron chi connectivity index (χ4n) is 2.82. The monoisotopic (exact) mass is 303 g/mol. The van der Waals surface area contributed by atoms with Crippen LogP contribution in [0, 0.1) is 0 Å². The summed E-state index contributed by atoms with van der Waals surface area (Å²) in [6.45, 7) is 1.59. The summed E-state index contributed by atoms with van der Waals surface area (Å²) in [7, 11) is 0. The van der Waals surface area contributed by atoms with E-state index in [-0.39, 0.29) is 37.4 Å². The van der Waals surface area contributed by atoms with Crippen LogP contribution in [0.1, 0.15) is 20.7 Å². The molecule has 0 bridgehead atoms. The molecular formula is C15H17N3O4. The van der Waals surface area contributed by atoms with Crippen LogP contribution in [0.15, 0.2) is 24.3 Å². The predicted molar refractivity (Wildman–Crippen MR) is 77.3 cm³/mol. The first kappa shape index (κ1) is 14.7. The van der Waals surface area contributed by atoms with Crippen LogP contribution >= 0.6 is 0 Å². The minimum atomic E-state index is -0.881. The maximum atomic E-state index is 12.2. The highest BCUT2D eigenvalue weighted by Gasteiger charge is 2.36. The molecule has 0 saturated carbocycles. The molecule has 1 aromatic carbocycles. The third-order valence-corrected chi connectivity index (χ3v) is 3.86. The Labute approximate surface area is 127 Å². The number of rotatable bonds is 4. The summed E-state index contributed by atoms with van der Waals surface area (Å²) < 4.78 is 0. The molecule has 1 atom stereocenters. The minimum Gasteiger partial charge on any atom is -0.390 e. The number of hydrogen-bond donors (Lipinski definition) is 2. The molecule has 1 saturated heterocycles. The summed E-state index contributed by atoms with van der Waals surface area (Å²) >= 11 is 0. The van der Waals surface area contributed by atoms with Gasteiger partial charge in [0.15, 0.2) is 0 Å². The second kappa shape index (κ2) is 5.86. The van der Waals surface area contributed by atoms with Gasteiger partial charge in [0.05, 0.1) is 30.3 Å². The van der Waals surface area contributed by atoms with Crippen molar-refractivity contribution in [2.75, 3.05) is 32.7 Å². The number of nitrogens with zero attached hydrogens (tertiary/aromatic N) is 2. The van der Waals surface area contributed by atoms with E-state index in [0.717, 1.165) is 4.90 Å². The number of amides is 3. The first-order valence-electron chi connectivity index (χ1n) is 7.18. The van der Waals surface area contributed by atoms with Gasteiger partial charge in [-0.25, -0.2) is 0 Å². The zero-order valence-corrected chi connectivity index (χ0v) is 12.0. The van der Waals surface area contributed by atoms with Crippen LogP contribution in [0.25, 0.3) is 0 Å². The van der Waals surface area contributed by atoms with E-state index in [1.165, 1.54) is 0 Å². The van der Waals surface area contributed by atoms with E-state index < -0.39 is 6.10 Å². The van der Waals surface area contributed by atoms with Crippen LogP contribution in [-0.2, 0) is 4.79 Å². The fourth-order valence-corrected chi connectivity index (χ4v) is 2.82. The number of carbonyl (C=O) groups is 3. The summed E-state index contributed by atoms with van der Waals surface area (Å²) in [5, 5.41) is 12.8. The van der Waals surface area contributed by atoms with Crippen molar-refractivity contribution in [2.24, 2.45) is 0 Å². The van der Waals surface area contributed by atoms with Crippen molar-refractivity contribution in [3.8, 4) is 0 Å². The minimum absolute atomic E-state index is 0.0650. The third kappa shape index (κ3) is 2.72. The number of carbonyl (C=O) groups excluding carboxylic acids is 3. The number of hydrogen-bond acceptors (Lipinski definition) is 5. The maximum Gasteiger partial charge on any atom is 0.261 e. The Balaban J connectivity index is 1.63. The second-order valence-corrected chi connectivity index (χ2v) is 5.51. The number of fused-ring (bicyclic) bond motifs is 1. The Morgan fingerprint density at radius 1 is 1.09 bits per heavy atom. The molecule has 116 valence electrons. The van der Waals surface area contributed by atoms with Crippen molar-refractivity contribution in [3.63, 3.8) is 0 Å². The molecule has 0 spiro atoms. The lowest BCUT2D eigenvalue weighted by Crippen LogP contribution is -2.51. The van der Waals surface area contributed by atoms with Gasteiger partial charge in [0.2, 0.25) is 5.91 Å². The molecule has 2 aliphatic rings. The molecule has 0 unspecified atom stereocenters. The summed E-state index contributed by atoms with van der Waals surface area (Å²) in [6.07, 6.45) is -0.881. The quantitative estimate of drug-likeness (QED) is 0.702. The Morgan fingerprint density at radius 3 is 2.32 bits per heavy atom. The van der Waals surface area contributed by atoms with E-state index >= 15 is 0 Å². The van der Waals surface area contributed by atoms with E-state index in [9.17, 15) is 19.5 Å². The first-order chi connectivity index (χ1) is 10.6. The summed E-state index contributed by atoms with van der Waals surface area (Å²) in [5.41, 5.74) is 0.745. The molecule has 0 aromatic heterocycles. The number of nitrogens with one attached hydrogen (secondary N) is 1. The van der Waals surface area contributed by atoms with Crippen molar-refractivity contribution in [3.05, 3.63) is 35.4 Å². The number of piperazine rings is 1. The van der Waals surface area contributed by atoms with Crippen LogP contribution in [0.5, 0.6) is 0 Å². The molecule has 1 fully saturated rings. The van der Waals surface area contributed by atoms with Gasteiger partial charge in [-0.2, -0.15) is 0 Å². The molecule has 3 amide bonds. The van der Waals surface area contributed by atoms with Gasteiger partial charge in [-0.05, 0) is 12.1 Å². The number of benzene rings is 1. The van der Waals surface area contributed by atoms with Crippen molar-refractivity contribution < 1.29 is 19.5 Å². The molecule has 22 heavy (non-hydrogen) atoms. The zero-order chi connectivity index (χ0) is 15.7. The van der Waals surface area contributed by atoms with Crippen LogP contribution in [0.3, 0.4) is 0 Å². The smallest absolute Gasteiger partial charge is 0.261 e. The largest absolute Gasteiger partial charge is 0.390 e. The SMILES string of the molecule is O=C1CN(C[C@H](O)CN2C(=O)c3ccccc3C2=O)CCN1. The van der Waals surface area contributed by atoms with Crippen LogP contribution in [0.4, 0.5) is 0 Å². The molecule has 2 N–H and O–H groups in total. The van der Waals surface area contributed by atoms with Gasteiger partial charge in [0.25, 0.3) is 11.8 Å². The topological polar surface area (TPSA) is 90.0 Å². The van der Waals surface area contributed by atoms with E-state index in [1.807, 2.05) is 4.90 Å². The number of β-amino-alcohol motifs (C(OH)–C–C–N with tert-alkyl or cyclic N) is 1. The van der Waals surface area contributed by atoms with Gasteiger partial charge in [-0.1, -0.05) is 12.1 Å². The van der Waals surface area contributed by atoms with E-state index in [0.29, 0.717) is 24.2 Å². The Hall–Kier alpha value is -2.25. The summed E-state index contributed by atoms with van der Waals surface area (Å²) in [4.78, 5) is 38.6. The molecular weight excluding hydrogens is 286 g/mol. The van der Waals surface area contributed by atoms with Crippen LogP contribution in [0.2, 0.25) is 0 Å². The van der Waals surface area contributed by atoms with Crippen LogP contribution in [-0.4, -0.2) is 71.5 Å². The maximum absolute atomic E-state index is 12.2. The van der Waals surface area contributed by atoms with Gasteiger partial charge in [0.1, 0.15) is 0 Å². The fraction of sp³-hybridized carbons (Fsp3) is 0.400. The lowest BCUT2D eigenvalue weighted by atomic mass is 10.1. The first-order valence-corrected chi connectivity index (χ1v) is 7.18. The average molecular weight is 303 g/mol. The van der Waals surface area contributed by atoms with Gasteiger partial charge >= 0.3 is 0 Å². The second-order valence-electron chi connectivity index (χ2n) is 5.51. The van der Waals surface area contributed by atoms with E-state index in [2.05, 4.69) is 5.32 Å². The van der Waals surface area contributed by atoms with Crippen molar-refractivity contribution in [1.82, 2.24) is 15.1 Å². The van der Waals surface area contributed by atoms with E-state index in [4.69, 9.17) is 0 Å². The molecule has 7 nitrogen and oxygen atoms in total. The molecule has 0 aliphatic carbocycles. The van der Waals surface area contributed by atoms with Crippen molar-refractivity contribution in [2.45, 2.75) is 6.10 Å². The number of imide groups is 1. The predicted octanol–water partition coefficient (Wildman–Crippen LogP) is -0.925. The Morgan fingerprint density at radius 2 is 1.73 bits per heavy atom. The molecule has 1 aromatic rings. The van der Waals surface area contributed by atoms with Gasteiger partial charge in [0, 0.05) is 19.6 Å². The number of aliphatic hydroxyl groups excluding tert-OH is 1. The molecule has 0 radical (unpaired) electrons. The van der Waals surface area contributed by atoms with Crippen LogP contribution < -0.4 is 5.32 Å². The highest BCUT2D eigenvalue weighted by atomic mass is 16.3. The molecule has 3 rings (SSSR count). The Kier molecular flexibility index (Phi) is 3.91. The number of aliphatic hydroxyl groups is 1. The molecule has 2 aliphatic heterocycles. The highest BCUT2D eigenvalue weighted by Crippen LogP contribution is 2.22. The van der Waals surface area contributed by atoms with Gasteiger partial charge in [-0.3, -0.25) is 24.2 Å². The molecule has 2 heterocycles. The Bertz CT molecular complexity index is 596. The summed E-state index contributed by atoms with van der Waals surface area (Å²) in [5.74, 6) is -0.841. The summed E-state index contributed by atoms with van der Waals surface area (Å²) in [6, 6.07) is 6.63. The average Bonchev–Trinajstić information content (AvgIpc) is 2.73. The van der Waals surface area contributed by atoms with Crippen molar-refractivity contribution in [1.29, 1.82) is 0 Å².